The van der Waals surface area contributed by atoms with Gasteiger partial charge in [-0.2, -0.15) is 0 Å². The Morgan fingerprint density at radius 3 is 2.68 bits per heavy atom. The standard InChI is InChI=1S/C22H25N3O3/c1-16-6-8-17(9-7-16)20(15-25-10-12-27-13-11-25)23-22(26)14-19-18-4-2-3-5-21(18)28-24-19/h2-9,20H,10-15H2,1H3,(H,23,26)/t20-/m0/s1. The van der Waals surface area contributed by atoms with Crippen molar-refractivity contribution in [3.05, 3.63) is 65.4 Å². The lowest BCUT2D eigenvalue weighted by Crippen LogP contribution is -2.43. The quantitative estimate of drug-likeness (QED) is 0.713. The van der Waals surface area contributed by atoms with E-state index in [9.17, 15) is 4.79 Å². The van der Waals surface area contributed by atoms with Gasteiger partial charge in [-0.15, -0.1) is 0 Å². The summed E-state index contributed by atoms with van der Waals surface area (Å²) in [5.41, 5.74) is 3.68. The zero-order chi connectivity index (χ0) is 19.3. The molecule has 1 N–H and O–H groups in total. The Hall–Kier alpha value is -2.70. The monoisotopic (exact) mass is 379 g/mol. The second-order valence-electron chi connectivity index (χ2n) is 7.25. The van der Waals surface area contributed by atoms with Crippen molar-refractivity contribution in [3.63, 3.8) is 0 Å². The molecule has 6 nitrogen and oxygen atoms in total. The molecule has 1 fully saturated rings. The van der Waals surface area contributed by atoms with Crippen molar-refractivity contribution in [2.75, 3.05) is 32.8 Å². The summed E-state index contributed by atoms with van der Waals surface area (Å²) in [6.07, 6.45) is 0.197. The first-order chi connectivity index (χ1) is 13.7. The molecule has 0 radical (unpaired) electrons. The molecule has 1 saturated heterocycles. The maximum atomic E-state index is 12.8. The molecule has 0 spiro atoms. The molecule has 2 heterocycles. The van der Waals surface area contributed by atoms with Gasteiger partial charge in [-0.25, -0.2) is 0 Å². The number of carbonyl (C=O) groups is 1. The molecule has 2 aromatic carbocycles. The van der Waals surface area contributed by atoms with Gasteiger partial charge in [0.25, 0.3) is 0 Å². The summed E-state index contributed by atoms with van der Waals surface area (Å²) in [7, 11) is 0. The SMILES string of the molecule is Cc1ccc([C@H](CN2CCOCC2)NC(=O)Cc2noc3ccccc23)cc1. The molecule has 3 aromatic rings. The van der Waals surface area contributed by atoms with Gasteiger partial charge in [0.1, 0.15) is 5.69 Å². The Balaban J connectivity index is 1.49. The van der Waals surface area contributed by atoms with Gasteiger partial charge in [0.2, 0.25) is 5.91 Å². The van der Waals surface area contributed by atoms with Gasteiger partial charge >= 0.3 is 0 Å². The van der Waals surface area contributed by atoms with Crippen LogP contribution in [0.4, 0.5) is 0 Å². The number of nitrogens with one attached hydrogen (secondary N) is 1. The van der Waals surface area contributed by atoms with E-state index >= 15 is 0 Å². The predicted molar refractivity (Wildman–Crippen MR) is 107 cm³/mol. The van der Waals surface area contributed by atoms with E-state index in [2.05, 4.69) is 46.6 Å². The number of benzene rings is 2. The fourth-order valence-corrected chi connectivity index (χ4v) is 3.54. The van der Waals surface area contributed by atoms with Gasteiger partial charge in [0.05, 0.1) is 25.7 Å². The minimum Gasteiger partial charge on any atom is -0.379 e. The average molecular weight is 379 g/mol. The molecule has 1 amide bonds. The Kier molecular flexibility index (Phi) is 5.69. The molecule has 1 aliphatic heterocycles. The molecular weight excluding hydrogens is 354 g/mol. The van der Waals surface area contributed by atoms with Gasteiger partial charge in [-0.05, 0) is 24.6 Å². The van der Waals surface area contributed by atoms with Crippen LogP contribution in [0.1, 0.15) is 22.9 Å². The van der Waals surface area contributed by atoms with Crippen LogP contribution in [-0.4, -0.2) is 48.8 Å². The summed E-state index contributed by atoms with van der Waals surface area (Å²) in [6, 6.07) is 15.9. The van der Waals surface area contributed by atoms with E-state index in [1.54, 1.807) is 0 Å². The highest BCUT2D eigenvalue weighted by Gasteiger charge is 2.21. The van der Waals surface area contributed by atoms with Crippen LogP contribution in [0.25, 0.3) is 11.0 Å². The number of nitrogens with zero attached hydrogens (tertiary/aromatic N) is 2. The van der Waals surface area contributed by atoms with Crippen molar-refractivity contribution in [2.45, 2.75) is 19.4 Å². The molecule has 1 aliphatic rings. The number of aromatic nitrogens is 1. The van der Waals surface area contributed by atoms with Crippen molar-refractivity contribution in [3.8, 4) is 0 Å². The first-order valence-corrected chi connectivity index (χ1v) is 9.68. The molecule has 4 rings (SSSR count). The van der Waals surface area contributed by atoms with Crippen LogP contribution in [-0.2, 0) is 16.0 Å². The highest BCUT2D eigenvalue weighted by atomic mass is 16.5. The summed E-state index contributed by atoms with van der Waals surface area (Å²) in [6.45, 7) is 6.06. The number of aryl methyl sites for hydroxylation is 1. The number of hydrogen-bond donors (Lipinski definition) is 1. The molecule has 1 aromatic heterocycles. The van der Waals surface area contributed by atoms with Crippen molar-refractivity contribution < 1.29 is 14.1 Å². The lowest BCUT2D eigenvalue weighted by molar-refractivity contribution is -0.121. The topological polar surface area (TPSA) is 67.6 Å². The highest BCUT2D eigenvalue weighted by Crippen LogP contribution is 2.20. The Morgan fingerprint density at radius 2 is 1.89 bits per heavy atom. The maximum absolute atomic E-state index is 12.8. The third-order valence-corrected chi connectivity index (χ3v) is 5.14. The van der Waals surface area contributed by atoms with Gasteiger partial charge in [-0.3, -0.25) is 9.69 Å². The van der Waals surface area contributed by atoms with Crippen LogP contribution >= 0.6 is 0 Å². The van der Waals surface area contributed by atoms with Crippen LogP contribution in [0.2, 0.25) is 0 Å². The third kappa shape index (κ3) is 4.40. The fraction of sp³-hybridized carbons (Fsp3) is 0.364. The number of para-hydroxylation sites is 1. The summed E-state index contributed by atoms with van der Waals surface area (Å²) < 4.78 is 10.8. The molecule has 28 heavy (non-hydrogen) atoms. The number of morpholine rings is 1. The molecule has 0 saturated carbocycles. The minimum absolute atomic E-state index is 0.0575. The van der Waals surface area contributed by atoms with Gasteiger partial charge in [-0.1, -0.05) is 47.1 Å². The van der Waals surface area contributed by atoms with E-state index in [1.807, 2.05) is 24.3 Å². The zero-order valence-electron chi connectivity index (χ0n) is 16.1. The third-order valence-electron chi connectivity index (χ3n) is 5.14. The highest BCUT2D eigenvalue weighted by molar-refractivity contribution is 5.86. The van der Waals surface area contributed by atoms with Crippen LogP contribution in [0.15, 0.2) is 53.1 Å². The number of ether oxygens (including phenoxy) is 1. The Labute approximate surface area is 164 Å². The fourth-order valence-electron chi connectivity index (χ4n) is 3.54. The largest absolute Gasteiger partial charge is 0.379 e. The number of rotatable bonds is 6. The van der Waals surface area contributed by atoms with Crippen LogP contribution in [0.5, 0.6) is 0 Å². The second kappa shape index (κ2) is 8.54. The number of fused-ring (bicyclic) bond motifs is 1. The Bertz CT molecular complexity index is 930. The molecule has 6 heteroatoms. The number of amides is 1. The summed E-state index contributed by atoms with van der Waals surface area (Å²) in [4.78, 5) is 15.1. The molecular formula is C22H25N3O3. The van der Waals surface area contributed by atoms with Gasteiger partial charge < -0.3 is 14.6 Å². The van der Waals surface area contributed by atoms with E-state index in [1.165, 1.54) is 5.56 Å². The van der Waals surface area contributed by atoms with Crippen LogP contribution < -0.4 is 5.32 Å². The average Bonchev–Trinajstić information content (AvgIpc) is 3.12. The van der Waals surface area contributed by atoms with E-state index in [-0.39, 0.29) is 18.4 Å². The molecule has 1 atom stereocenters. The summed E-state index contributed by atoms with van der Waals surface area (Å²) in [5, 5.41) is 8.17. The second-order valence-corrected chi connectivity index (χ2v) is 7.25. The number of carbonyl (C=O) groups excluding carboxylic acids is 1. The molecule has 0 unspecified atom stereocenters. The van der Waals surface area contributed by atoms with Crippen LogP contribution in [0.3, 0.4) is 0 Å². The number of hydrogen-bond acceptors (Lipinski definition) is 5. The van der Waals surface area contributed by atoms with E-state index in [0.717, 1.165) is 43.8 Å². The van der Waals surface area contributed by atoms with E-state index in [4.69, 9.17) is 9.26 Å². The first kappa shape index (κ1) is 18.7. The van der Waals surface area contributed by atoms with Gasteiger partial charge in [0.15, 0.2) is 5.58 Å². The lowest BCUT2D eigenvalue weighted by atomic mass is 10.0. The van der Waals surface area contributed by atoms with Crippen molar-refractivity contribution in [1.82, 2.24) is 15.4 Å². The van der Waals surface area contributed by atoms with E-state index in [0.29, 0.717) is 11.3 Å². The normalized spacial score (nSPS) is 16.2. The van der Waals surface area contributed by atoms with E-state index < -0.39 is 0 Å². The predicted octanol–water partition coefficient (Wildman–Crippen LogP) is 2.87. The van der Waals surface area contributed by atoms with Gasteiger partial charge in [0, 0.05) is 25.0 Å². The molecule has 146 valence electrons. The molecule has 0 bridgehead atoms. The lowest BCUT2D eigenvalue weighted by Gasteiger charge is -2.31. The summed E-state index contributed by atoms with van der Waals surface area (Å²) in [5.74, 6) is -0.0575. The molecule has 0 aliphatic carbocycles. The first-order valence-electron chi connectivity index (χ1n) is 9.68. The Morgan fingerprint density at radius 1 is 1.14 bits per heavy atom. The van der Waals surface area contributed by atoms with Crippen molar-refractivity contribution in [2.24, 2.45) is 0 Å². The maximum Gasteiger partial charge on any atom is 0.226 e. The zero-order valence-corrected chi connectivity index (χ0v) is 16.1. The van der Waals surface area contributed by atoms with Crippen LogP contribution in [0, 0.1) is 6.92 Å². The smallest absolute Gasteiger partial charge is 0.226 e. The minimum atomic E-state index is -0.0793. The van der Waals surface area contributed by atoms with Crippen molar-refractivity contribution >= 4 is 16.9 Å². The summed E-state index contributed by atoms with van der Waals surface area (Å²) >= 11 is 0. The van der Waals surface area contributed by atoms with Crippen molar-refractivity contribution in [1.29, 1.82) is 0 Å².